The highest BCUT2D eigenvalue weighted by molar-refractivity contribution is 6.72. The highest BCUT2D eigenvalue weighted by Crippen LogP contribution is 2.60. The van der Waals surface area contributed by atoms with Crippen LogP contribution in [0.15, 0.2) is 84.1 Å². The van der Waals surface area contributed by atoms with E-state index >= 15 is 4.11 Å². The Morgan fingerprint density at radius 2 is 1.82 bits per heavy atom. The molecule has 3 aliphatic rings. The number of aromatic nitrogens is 3. The summed E-state index contributed by atoms with van der Waals surface area (Å²) in [4.78, 5) is 29.3. The first kappa shape index (κ1) is 34.2. The van der Waals surface area contributed by atoms with Crippen LogP contribution in [-0.2, 0) is 39.4 Å². The van der Waals surface area contributed by atoms with E-state index in [-0.39, 0.29) is 25.0 Å². The fraction of sp³-hybridized carbons (Fsp3) is 0.378. The molecule has 10 nitrogen and oxygen atoms in total. The van der Waals surface area contributed by atoms with E-state index in [9.17, 15) is 14.7 Å². The number of rotatable bonds is 10. The van der Waals surface area contributed by atoms with Crippen molar-refractivity contribution in [3.63, 3.8) is 0 Å². The highest BCUT2D eigenvalue weighted by atomic mass is 35.5. The molecule has 1 N–H and O–H groups in total. The van der Waals surface area contributed by atoms with Gasteiger partial charge in [-0.1, -0.05) is 66.2 Å². The third kappa shape index (κ3) is 6.18. The Labute approximate surface area is 296 Å². The number of halogens is 2. The van der Waals surface area contributed by atoms with Crippen molar-refractivity contribution in [1.29, 1.82) is 0 Å². The second kappa shape index (κ2) is 13.5. The molecular formula is C37H40ClFN6O4Si. The molecule has 4 atom stereocenters. The molecule has 1 saturated heterocycles. The number of carbonyl (C=O) groups is 2. The van der Waals surface area contributed by atoms with Gasteiger partial charge in [-0.25, -0.2) is 5.01 Å². The predicted molar refractivity (Wildman–Crippen MR) is 192 cm³/mol. The van der Waals surface area contributed by atoms with Crippen molar-refractivity contribution in [2.45, 2.75) is 76.0 Å². The van der Waals surface area contributed by atoms with Crippen LogP contribution in [0.5, 0.6) is 0 Å². The summed E-state index contributed by atoms with van der Waals surface area (Å²) in [5, 5.41) is 24.1. The van der Waals surface area contributed by atoms with E-state index in [1.165, 1.54) is 5.01 Å². The zero-order chi connectivity index (χ0) is 35.2. The zero-order valence-electron chi connectivity index (χ0n) is 28.3. The number of nitrogens with zero attached hydrogens (tertiary/aromatic N) is 6. The Kier molecular flexibility index (Phi) is 9.23. The second-order valence-electron chi connectivity index (χ2n) is 13.8. The monoisotopic (exact) mass is 714 g/mol. The van der Waals surface area contributed by atoms with Crippen LogP contribution in [0.3, 0.4) is 0 Å². The van der Waals surface area contributed by atoms with Crippen LogP contribution >= 0.6 is 11.6 Å². The molecule has 0 aliphatic carbocycles. The fourth-order valence-corrected chi connectivity index (χ4v) is 10.6. The molecule has 1 fully saturated rings. The van der Waals surface area contributed by atoms with E-state index in [1.807, 2.05) is 67.6 Å². The molecule has 260 valence electrons. The summed E-state index contributed by atoms with van der Waals surface area (Å²) in [5.41, 5.74) is 3.46. The van der Waals surface area contributed by atoms with Gasteiger partial charge in [0.25, 0.3) is 5.91 Å². The molecule has 1 spiro atoms. The van der Waals surface area contributed by atoms with Gasteiger partial charge < -0.3 is 18.9 Å². The van der Waals surface area contributed by atoms with Gasteiger partial charge in [0, 0.05) is 60.7 Å². The van der Waals surface area contributed by atoms with Gasteiger partial charge in [-0.3, -0.25) is 14.3 Å². The molecule has 13 heteroatoms. The van der Waals surface area contributed by atoms with Crippen molar-refractivity contribution < 1.29 is 23.5 Å². The van der Waals surface area contributed by atoms with E-state index in [0.717, 1.165) is 16.8 Å². The molecule has 1 aromatic heterocycles. The number of benzene rings is 3. The fourth-order valence-electron chi connectivity index (χ4n) is 7.90. The normalized spacial score (nSPS) is 23.6. The van der Waals surface area contributed by atoms with Gasteiger partial charge in [-0.2, -0.15) is 5.10 Å². The minimum Gasteiger partial charge on any atom is -0.396 e. The van der Waals surface area contributed by atoms with Gasteiger partial charge >= 0.3 is 0 Å². The van der Waals surface area contributed by atoms with Crippen LogP contribution in [0, 0.1) is 5.92 Å². The molecule has 0 saturated carbocycles. The lowest BCUT2D eigenvalue weighted by molar-refractivity contribution is -0.146. The number of hydrogen-bond acceptors (Lipinski definition) is 7. The van der Waals surface area contributed by atoms with E-state index in [2.05, 4.69) is 15.4 Å². The molecule has 4 heterocycles. The maximum Gasteiger partial charge on any atom is 0.264 e. The number of carbonyl (C=O) groups excluding carboxylic acids is 2. The van der Waals surface area contributed by atoms with Crippen LogP contribution in [0.2, 0.25) is 23.7 Å². The lowest BCUT2D eigenvalue weighted by Crippen LogP contribution is -2.45. The van der Waals surface area contributed by atoms with Gasteiger partial charge in [0.2, 0.25) is 14.3 Å². The Balaban J connectivity index is 1.16. The maximum atomic E-state index is 16.2. The summed E-state index contributed by atoms with van der Waals surface area (Å²) >= 11 is 6.54. The van der Waals surface area contributed by atoms with Gasteiger partial charge in [-0.15, -0.1) is 5.10 Å². The molecule has 4 aromatic rings. The Morgan fingerprint density at radius 3 is 2.54 bits per heavy atom. The Hall–Kier alpha value is -4.23. The number of ether oxygens (including phenoxy) is 1. The molecule has 0 bridgehead atoms. The Bertz CT molecular complexity index is 1930. The first-order valence-corrected chi connectivity index (χ1v) is 20.4. The molecule has 50 heavy (non-hydrogen) atoms. The molecular weight excluding hydrogens is 675 g/mol. The lowest BCUT2D eigenvalue weighted by Gasteiger charge is -2.31. The molecule has 2 amide bonds. The number of hydrogen-bond donors (Lipinski definition) is 1. The topological polar surface area (TPSA) is 113 Å². The summed E-state index contributed by atoms with van der Waals surface area (Å²) in [6, 6.07) is 22.7. The van der Waals surface area contributed by atoms with Gasteiger partial charge in [0.15, 0.2) is 5.60 Å². The second-order valence-corrected chi connectivity index (χ2v) is 18.1. The van der Waals surface area contributed by atoms with Crippen LogP contribution < -0.4 is 9.91 Å². The number of aliphatic hydroxyl groups excluding tert-OH is 1. The minimum atomic E-state index is -3.36. The molecule has 3 aliphatic heterocycles. The molecule has 3 aromatic carbocycles. The lowest BCUT2D eigenvalue weighted by atomic mass is 9.82. The molecule has 0 unspecified atom stereocenters. The SMILES string of the molecule is C[C@H]1[C@H]([Si](C)(C)F)[C@@H](CCn2cc(CCO)nn2)O[C@]12C(=O)N(Cc1ccc(N3N=C(c4ccccc4)CCC3=O)cc1)c1ccc(Cl)cc12. The van der Waals surface area contributed by atoms with Crippen molar-refractivity contribution >= 4 is 48.9 Å². The van der Waals surface area contributed by atoms with Crippen molar-refractivity contribution in [1.82, 2.24) is 15.0 Å². The van der Waals surface area contributed by atoms with Crippen molar-refractivity contribution in [3.8, 4) is 0 Å². The first-order chi connectivity index (χ1) is 24.0. The van der Waals surface area contributed by atoms with E-state index < -0.39 is 31.6 Å². The number of aryl methyl sites for hydroxylation is 1. The summed E-state index contributed by atoms with van der Waals surface area (Å²) in [6.07, 6.45) is 3.01. The van der Waals surface area contributed by atoms with E-state index in [1.54, 1.807) is 41.0 Å². The summed E-state index contributed by atoms with van der Waals surface area (Å²) < 4.78 is 24.8. The van der Waals surface area contributed by atoms with Crippen molar-refractivity contribution in [2.24, 2.45) is 11.0 Å². The number of aliphatic hydroxyl groups is 1. The third-order valence-corrected chi connectivity index (χ3v) is 12.9. The average Bonchev–Trinajstić information content (AvgIpc) is 3.74. The van der Waals surface area contributed by atoms with Crippen LogP contribution in [0.4, 0.5) is 15.5 Å². The predicted octanol–water partition coefficient (Wildman–Crippen LogP) is 6.41. The number of anilines is 2. The smallest absolute Gasteiger partial charge is 0.264 e. The van der Waals surface area contributed by atoms with Crippen LogP contribution in [0.25, 0.3) is 0 Å². The minimum absolute atomic E-state index is 0.0266. The summed E-state index contributed by atoms with van der Waals surface area (Å²) in [7, 11) is -3.36. The number of fused-ring (bicyclic) bond motifs is 2. The Morgan fingerprint density at radius 1 is 1.06 bits per heavy atom. The van der Waals surface area contributed by atoms with Gasteiger partial charge in [0.05, 0.1) is 35.4 Å². The summed E-state index contributed by atoms with van der Waals surface area (Å²) in [5.74, 6) is -0.782. The first-order valence-electron chi connectivity index (χ1n) is 17.0. The largest absolute Gasteiger partial charge is 0.396 e. The van der Waals surface area contributed by atoms with Crippen molar-refractivity contribution in [2.75, 3.05) is 16.5 Å². The maximum absolute atomic E-state index is 16.2. The molecule has 0 radical (unpaired) electrons. The van der Waals surface area contributed by atoms with E-state index in [4.69, 9.17) is 16.3 Å². The molecule has 7 rings (SSSR count). The quantitative estimate of drug-likeness (QED) is 0.150. The number of amides is 2. The van der Waals surface area contributed by atoms with Gasteiger partial charge in [-0.05, 0) is 61.0 Å². The third-order valence-electron chi connectivity index (χ3n) is 10.2. The zero-order valence-corrected chi connectivity index (χ0v) is 30.1. The van der Waals surface area contributed by atoms with Crippen LogP contribution in [0.1, 0.15) is 48.6 Å². The summed E-state index contributed by atoms with van der Waals surface area (Å²) in [6.45, 7) is 5.92. The number of hydrazone groups is 1. The average molecular weight is 715 g/mol. The van der Waals surface area contributed by atoms with Crippen molar-refractivity contribution in [3.05, 3.63) is 106 Å². The van der Waals surface area contributed by atoms with E-state index in [0.29, 0.717) is 59.9 Å². The van der Waals surface area contributed by atoms with Gasteiger partial charge in [0.1, 0.15) is 0 Å². The standard InChI is InChI=1S/C37H40ClFN6O4Si/c1-24-35(50(2,3)39)33(17-19-43-23-28(18-20-46)40-42-43)49-37(24)30-21-27(38)11-15-32(30)44(36(37)48)22-25-9-12-29(13-10-25)45-34(47)16-14-31(41-45)26-7-5-4-6-8-26/h4-13,15,21,23-24,33,35,46H,14,16-20,22H2,1-3H3/t24-,33+,35-,37+/m0/s1. The van der Waals surface area contributed by atoms with Crippen LogP contribution in [-0.4, -0.2) is 58.7 Å². The highest BCUT2D eigenvalue weighted by Gasteiger charge is 2.66.